The molecule has 0 bridgehead atoms. The van der Waals surface area contributed by atoms with Gasteiger partial charge >= 0.3 is 6.03 Å². The third kappa shape index (κ3) is 6.36. The fraction of sp³-hybridized carbons (Fsp3) is 0.588. The summed E-state index contributed by atoms with van der Waals surface area (Å²) < 4.78 is 1.00. The zero-order valence-electron chi connectivity index (χ0n) is 13.3. The van der Waals surface area contributed by atoms with Crippen LogP contribution in [0.2, 0.25) is 0 Å². The maximum atomic E-state index is 11.9. The predicted octanol–water partition coefficient (Wildman–Crippen LogP) is 4.23. The second-order valence-corrected chi connectivity index (χ2v) is 6.97. The smallest absolute Gasteiger partial charge is 0.319 e. The molecule has 1 aliphatic rings. The van der Waals surface area contributed by atoms with Gasteiger partial charge in [0.05, 0.1) is 0 Å². The van der Waals surface area contributed by atoms with Crippen LogP contribution in [0.3, 0.4) is 0 Å². The van der Waals surface area contributed by atoms with E-state index in [-0.39, 0.29) is 12.1 Å². The molecular formula is C17H26BrN3O. The summed E-state index contributed by atoms with van der Waals surface area (Å²) in [4.78, 5) is 14.5. The van der Waals surface area contributed by atoms with E-state index in [4.69, 9.17) is 0 Å². The average Bonchev–Trinajstić information content (AvgIpc) is 2.50. The van der Waals surface area contributed by atoms with Crippen molar-refractivity contribution < 1.29 is 4.79 Å². The van der Waals surface area contributed by atoms with Gasteiger partial charge in [-0.25, -0.2) is 4.79 Å². The van der Waals surface area contributed by atoms with E-state index in [0.717, 1.165) is 29.5 Å². The molecule has 1 aromatic rings. The molecule has 1 aromatic carbocycles. The van der Waals surface area contributed by atoms with Gasteiger partial charge in [-0.15, -0.1) is 0 Å². The number of carbonyl (C=O) groups is 1. The van der Waals surface area contributed by atoms with Crippen molar-refractivity contribution in [1.82, 2.24) is 10.2 Å². The maximum absolute atomic E-state index is 11.9. The minimum atomic E-state index is -0.132. The average molecular weight is 368 g/mol. The first-order valence-corrected chi connectivity index (χ1v) is 8.98. The number of amides is 2. The van der Waals surface area contributed by atoms with Crippen LogP contribution in [0, 0.1) is 0 Å². The number of anilines is 1. The van der Waals surface area contributed by atoms with Crippen molar-refractivity contribution in [2.75, 3.05) is 25.0 Å². The topological polar surface area (TPSA) is 44.4 Å². The van der Waals surface area contributed by atoms with Crippen molar-refractivity contribution >= 4 is 27.6 Å². The Morgan fingerprint density at radius 2 is 1.91 bits per heavy atom. The van der Waals surface area contributed by atoms with Gasteiger partial charge in [-0.3, -0.25) is 0 Å². The van der Waals surface area contributed by atoms with Crippen molar-refractivity contribution in [3.05, 3.63) is 28.7 Å². The molecule has 4 nitrogen and oxygen atoms in total. The van der Waals surface area contributed by atoms with E-state index in [1.807, 2.05) is 24.3 Å². The lowest BCUT2D eigenvalue weighted by Gasteiger charge is -2.26. The van der Waals surface area contributed by atoms with Crippen molar-refractivity contribution in [2.45, 2.75) is 45.1 Å². The van der Waals surface area contributed by atoms with E-state index < -0.39 is 0 Å². The molecule has 1 saturated heterocycles. The molecule has 22 heavy (non-hydrogen) atoms. The lowest BCUT2D eigenvalue weighted by atomic mass is 10.1. The highest BCUT2D eigenvalue weighted by molar-refractivity contribution is 9.10. The number of piperidine rings is 1. The number of hydrogen-bond acceptors (Lipinski definition) is 2. The Morgan fingerprint density at radius 1 is 1.23 bits per heavy atom. The number of carbonyl (C=O) groups excluding carboxylic acids is 1. The summed E-state index contributed by atoms with van der Waals surface area (Å²) in [6.45, 7) is 5.70. The van der Waals surface area contributed by atoms with Crippen LogP contribution in [0.25, 0.3) is 0 Å². The highest BCUT2D eigenvalue weighted by Crippen LogP contribution is 2.14. The first-order chi connectivity index (χ1) is 10.6. The van der Waals surface area contributed by atoms with Gasteiger partial charge in [0, 0.05) is 16.2 Å². The summed E-state index contributed by atoms with van der Waals surface area (Å²) in [7, 11) is 0. The largest absolute Gasteiger partial charge is 0.335 e. The molecule has 1 atom stereocenters. The van der Waals surface area contributed by atoms with Gasteiger partial charge in [-0.05, 0) is 76.5 Å². The second kappa shape index (κ2) is 9.16. The minimum Gasteiger partial charge on any atom is -0.335 e. The van der Waals surface area contributed by atoms with Gasteiger partial charge < -0.3 is 15.5 Å². The van der Waals surface area contributed by atoms with E-state index in [0.29, 0.717) is 0 Å². The van der Waals surface area contributed by atoms with E-state index in [1.165, 1.54) is 32.4 Å². The van der Waals surface area contributed by atoms with Gasteiger partial charge in [0.2, 0.25) is 0 Å². The molecule has 5 heteroatoms. The molecular weight excluding hydrogens is 342 g/mol. The predicted molar refractivity (Wildman–Crippen MR) is 95.3 cm³/mol. The van der Waals surface area contributed by atoms with Crippen LogP contribution in [0.4, 0.5) is 10.5 Å². The molecule has 0 radical (unpaired) electrons. The SMILES string of the molecule is CC(CCCN1CCCCC1)NC(=O)Nc1ccc(Br)cc1. The van der Waals surface area contributed by atoms with Gasteiger partial charge in [0.25, 0.3) is 0 Å². The quantitative estimate of drug-likeness (QED) is 0.790. The molecule has 1 unspecified atom stereocenters. The number of hydrogen-bond donors (Lipinski definition) is 2. The number of rotatable bonds is 6. The van der Waals surface area contributed by atoms with Crippen LogP contribution < -0.4 is 10.6 Å². The number of benzene rings is 1. The van der Waals surface area contributed by atoms with Crippen molar-refractivity contribution in [1.29, 1.82) is 0 Å². The Balaban J connectivity index is 1.62. The van der Waals surface area contributed by atoms with E-state index in [2.05, 4.69) is 38.4 Å². The number of urea groups is 1. The molecule has 2 rings (SSSR count). The normalized spacial score (nSPS) is 17.0. The maximum Gasteiger partial charge on any atom is 0.319 e. The molecule has 0 saturated carbocycles. The molecule has 2 amide bonds. The lowest BCUT2D eigenvalue weighted by Crippen LogP contribution is -2.37. The zero-order valence-corrected chi connectivity index (χ0v) is 14.9. The third-order valence-electron chi connectivity index (χ3n) is 4.04. The third-order valence-corrected chi connectivity index (χ3v) is 4.57. The molecule has 1 heterocycles. The fourth-order valence-electron chi connectivity index (χ4n) is 2.80. The van der Waals surface area contributed by atoms with Crippen LogP contribution in [0.1, 0.15) is 39.0 Å². The Bertz CT molecular complexity index is 457. The van der Waals surface area contributed by atoms with Gasteiger partial charge in [0.15, 0.2) is 0 Å². The number of halogens is 1. The van der Waals surface area contributed by atoms with Crippen molar-refractivity contribution in [3.8, 4) is 0 Å². The highest BCUT2D eigenvalue weighted by atomic mass is 79.9. The molecule has 1 fully saturated rings. The number of likely N-dealkylation sites (tertiary alicyclic amines) is 1. The molecule has 1 aliphatic heterocycles. The summed E-state index contributed by atoms with van der Waals surface area (Å²) in [6.07, 6.45) is 6.21. The Labute approximate surface area is 141 Å². The van der Waals surface area contributed by atoms with E-state index >= 15 is 0 Å². The Hall–Kier alpha value is -1.07. The van der Waals surface area contributed by atoms with E-state index in [1.54, 1.807) is 0 Å². The van der Waals surface area contributed by atoms with Crippen LogP contribution >= 0.6 is 15.9 Å². The molecule has 0 spiro atoms. The highest BCUT2D eigenvalue weighted by Gasteiger charge is 2.11. The summed E-state index contributed by atoms with van der Waals surface area (Å²) >= 11 is 3.38. The van der Waals surface area contributed by atoms with Gasteiger partial charge in [-0.1, -0.05) is 22.4 Å². The molecule has 2 N–H and O–H groups in total. The Kier molecular flexibility index (Phi) is 7.19. The second-order valence-electron chi connectivity index (χ2n) is 6.05. The van der Waals surface area contributed by atoms with Gasteiger partial charge in [0.1, 0.15) is 0 Å². The minimum absolute atomic E-state index is 0.132. The number of nitrogens with zero attached hydrogens (tertiary/aromatic N) is 1. The van der Waals surface area contributed by atoms with Crippen molar-refractivity contribution in [3.63, 3.8) is 0 Å². The van der Waals surface area contributed by atoms with Crippen LogP contribution in [0.15, 0.2) is 28.7 Å². The fourth-order valence-corrected chi connectivity index (χ4v) is 3.06. The summed E-state index contributed by atoms with van der Waals surface area (Å²) in [5, 5.41) is 5.86. The van der Waals surface area contributed by atoms with Crippen LogP contribution in [0.5, 0.6) is 0 Å². The lowest BCUT2D eigenvalue weighted by molar-refractivity contribution is 0.221. The van der Waals surface area contributed by atoms with Gasteiger partial charge in [-0.2, -0.15) is 0 Å². The van der Waals surface area contributed by atoms with Crippen LogP contribution in [-0.4, -0.2) is 36.6 Å². The molecule has 122 valence electrons. The standard InChI is InChI=1S/C17H26BrN3O/c1-14(6-5-13-21-11-3-2-4-12-21)19-17(22)20-16-9-7-15(18)8-10-16/h7-10,14H,2-6,11-13H2,1H3,(H2,19,20,22). The summed E-state index contributed by atoms with van der Waals surface area (Å²) in [6, 6.07) is 7.65. The summed E-state index contributed by atoms with van der Waals surface area (Å²) in [5.41, 5.74) is 0.807. The first kappa shape index (κ1) is 17.3. The summed E-state index contributed by atoms with van der Waals surface area (Å²) in [5.74, 6) is 0. The zero-order chi connectivity index (χ0) is 15.8. The monoisotopic (exact) mass is 367 g/mol. The molecule has 0 aliphatic carbocycles. The molecule has 0 aromatic heterocycles. The van der Waals surface area contributed by atoms with Crippen molar-refractivity contribution in [2.24, 2.45) is 0 Å². The first-order valence-electron chi connectivity index (χ1n) is 8.19. The van der Waals surface area contributed by atoms with Crippen LogP contribution in [-0.2, 0) is 0 Å². The number of nitrogens with one attached hydrogen (secondary N) is 2. The van der Waals surface area contributed by atoms with E-state index in [9.17, 15) is 4.79 Å². The Morgan fingerprint density at radius 3 is 2.59 bits per heavy atom.